The van der Waals surface area contributed by atoms with Gasteiger partial charge in [-0.3, -0.25) is 4.98 Å². The summed E-state index contributed by atoms with van der Waals surface area (Å²) in [5, 5.41) is 3.15. The molecule has 5 heteroatoms. The van der Waals surface area contributed by atoms with E-state index in [4.69, 9.17) is 0 Å². The molecule has 0 spiro atoms. The highest BCUT2D eigenvalue weighted by Gasteiger charge is 2.11. The summed E-state index contributed by atoms with van der Waals surface area (Å²) in [6, 6.07) is 3.19. The number of ether oxygens (including phenoxy) is 1. The van der Waals surface area contributed by atoms with Crippen molar-refractivity contribution in [1.82, 2.24) is 10.3 Å². The zero-order valence-corrected chi connectivity index (χ0v) is 10.3. The van der Waals surface area contributed by atoms with Crippen LogP contribution in [-0.4, -0.2) is 18.1 Å². The molecule has 1 N–H and O–H groups in total. The van der Waals surface area contributed by atoms with E-state index < -0.39 is 6.61 Å². The van der Waals surface area contributed by atoms with Crippen molar-refractivity contribution in [3.05, 3.63) is 23.5 Å². The van der Waals surface area contributed by atoms with Crippen LogP contribution in [0.3, 0.4) is 0 Å². The summed E-state index contributed by atoms with van der Waals surface area (Å²) in [5.74, 6) is 0.640. The van der Waals surface area contributed by atoms with Crippen molar-refractivity contribution in [2.75, 3.05) is 6.54 Å². The summed E-state index contributed by atoms with van der Waals surface area (Å²) in [7, 11) is 0. The van der Waals surface area contributed by atoms with Crippen LogP contribution in [0.2, 0.25) is 0 Å². The van der Waals surface area contributed by atoms with E-state index in [9.17, 15) is 8.78 Å². The summed E-state index contributed by atoms with van der Waals surface area (Å²) in [5.41, 5.74) is 1.30. The molecule has 0 fully saturated rings. The van der Waals surface area contributed by atoms with Gasteiger partial charge in [-0.2, -0.15) is 8.78 Å². The molecule has 0 saturated carbocycles. The molecule has 0 atom stereocenters. The molecule has 1 rings (SSSR count). The Morgan fingerprint density at radius 2 is 2.06 bits per heavy atom. The van der Waals surface area contributed by atoms with Crippen LogP contribution >= 0.6 is 0 Å². The lowest BCUT2D eigenvalue weighted by molar-refractivity contribution is -0.0508. The fraction of sp³-hybridized carbons (Fsp3) is 0.583. The first-order valence-corrected chi connectivity index (χ1v) is 5.61. The van der Waals surface area contributed by atoms with Gasteiger partial charge in [-0.15, -0.1) is 0 Å². The third-order valence-corrected chi connectivity index (χ3v) is 2.13. The Bertz CT molecular complexity index is 356. The normalized spacial score (nSPS) is 11.2. The quantitative estimate of drug-likeness (QED) is 0.835. The molecule has 0 bridgehead atoms. The molecule has 1 heterocycles. The van der Waals surface area contributed by atoms with Gasteiger partial charge >= 0.3 is 6.61 Å². The fourth-order valence-electron chi connectivity index (χ4n) is 1.41. The number of aromatic nitrogens is 1. The number of nitrogens with zero attached hydrogens (tertiary/aromatic N) is 1. The molecule has 0 radical (unpaired) electrons. The van der Waals surface area contributed by atoms with Crippen LogP contribution in [0.15, 0.2) is 12.1 Å². The molecular formula is C12H18F2N2O. The zero-order chi connectivity index (χ0) is 12.8. The highest BCUT2D eigenvalue weighted by molar-refractivity contribution is 5.29. The summed E-state index contributed by atoms with van der Waals surface area (Å²) in [4.78, 5) is 4.20. The van der Waals surface area contributed by atoms with Gasteiger partial charge in [0.25, 0.3) is 0 Å². The minimum absolute atomic E-state index is 0.141. The molecule has 3 nitrogen and oxygen atoms in total. The monoisotopic (exact) mass is 244 g/mol. The Labute approximate surface area is 100 Å². The number of hydrogen-bond acceptors (Lipinski definition) is 3. The molecule has 0 saturated heterocycles. The van der Waals surface area contributed by atoms with Gasteiger partial charge in [0.15, 0.2) is 0 Å². The van der Waals surface area contributed by atoms with Gasteiger partial charge < -0.3 is 10.1 Å². The van der Waals surface area contributed by atoms with Crippen LogP contribution < -0.4 is 10.1 Å². The molecular weight excluding hydrogens is 226 g/mol. The van der Waals surface area contributed by atoms with Crippen LogP contribution in [0.25, 0.3) is 0 Å². The minimum atomic E-state index is -2.82. The van der Waals surface area contributed by atoms with E-state index in [-0.39, 0.29) is 5.75 Å². The second-order valence-electron chi connectivity index (χ2n) is 4.30. The lowest BCUT2D eigenvalue weighted by Crippen LogP contribution is -2.20. The van der Waals surface area contributed by atoms with E-state index in [1.165, 1.54) is 6.07 Å². The largest absolute Gasteiger partial charge is 0.433 e. The van der Waals surface area contributed by atoms with Crippen molar-refractivity contribution in [1.29, 1.82) is 0 Å². The summed E-state index contributed by atoms with van der Waals surface area (Å²) in [6.07, 6.45) is 0. The van der Waals surface area contributed by atoms with E-state index in [0.717, 1.165) is 12.2 Å². The predicted octanol–water partition coefficient (Wildman–Crippen LogP) is 2.74. The van der Waals surface area contributed by atoms with Crippen molar-refractivity contribution in [3.63, 3.8) is 0 Å². The van der Waals surface area contributed by atoms with Gasteiger partial charge in [-0.25, -0.2) is 0 Å². The minimum Gasteiger partial charge on any atom is -0.433 e. The molecule has 0 aromatic carbocycles. The number of halogens is 2. The second kappa shape index (κ2) is 6.49. The molecule has 1 aromatic heterocycles. The number of aryl methyl sites for hydroxylation is 1. The van der Waals surface area contributed by atoms with E-state index in [1.807, 2.05) is 6.92 Å². The zero-order valence-electron chi connectivity index (χ0n) is 10.3. The first-order valence-electron chi connectivity index (χ1n) is 5.61. The first-order chi connectivity index (χ1) is 7.99. The maximum Gasteiger partial charge on any atom is 0.387 e. The molecule has 0 aliphatic rings. The Kier molecular flexibility index (Phi) is 5.28. The number of alkyl halides is 2. The van der Waals surface area contributed by atoms with Crippen LogP contribution in [0.5, 0.6) is 5.75 Å². The molecule has 0 aliphatic carbocycles. The smallest absolute Gasteiger partial charge is 0.387 e. The fourth-order valence-corrected chi connectivity index (χ4v) is 1.41. The van der Waals surface area contributed by atoms with Crippen LogP contribution in [0.1, 0.15) is 25.2 Å². The average molecular weight is 244 g/mol. The van der Waals surface area contributed by atoms with Gasteiger partial charge in [0.1, 0.15) is 5.75 Å². The Balaban J connectivity index is 2.69. The summed E-state index contributed by atoms with van der Waals surface area (Å²) < 4.78 is 28.8. The van der Waals surface area contributed by atoms with Crippen LogP contribution in [0, 0.1) is 12.8 Å². The first kappa shape index (κ1) is 13.8. The average Bonchev–Trinajstić information content (AvgIpc) is 2.21. The predicted molar refractivity (Wildman–Crippen MR) is 62.2 cm³/mol. The SMILES string of the molecule is Cc1ccc(OC(F)F)c(CNCC(C)C)n1. The number of pyridine rings is 1. The molecule has 0 aliphatic heterocycles. The van der Waals surface area contributed by atoms with Crippen molar-refractivity contribution in [3.8, 4) is 5.75 Å². The molecule has 17 heavy (non-hydrogen) atoms. The maximum atomic E-state index is 12.2. The van der Waals surface area contributed by atoms with E-state index >= 15 is 0 Å². The van der Waals surface area contributed by atoms with Gasteiger partial charge in [-0.05, 0) is 31.5 Å². The second-order valence-corrected chi connectivity index (χ2v) is 4.30. The molecule has 96 valence electrons. The Hall–Kier alpha value is -1.23. The Morgan fingerprint density at radius 3 is 2.65 bits per heavy atom. The van der Waals surface area contributed by atoms with Gasteiger partial charge in [-0.1, -0.05) is 13.8 Å². The highest BCUT2D eigenvalue weighted by Crippen LogP contribution is 2.19. The maximum absolute atomic E-state index is 12.2. The number of hydrogen-bond donors (Lipinski definition) is 1. The summed E-state index contributed by atoms with van der Waals surface area (Å²) in [6.45, 7) is 4.40. The number of nitrogens with one attached hydrogen (secondary N) is 1. The third kappa shape index (κ3) is 5.08. The van der Waals surface area contributed by atoms with Gasteiger partial charge in [0.2, 0.25) is 0 Å². The van der Waals surface area contributed by atoms with Crippen molar-refractivity contribution in [2.24, 2.45) is 5.92 Å². The topological polar surface area (TPSA) is 34.1 Å². The highest BCUT2D eigenvalue weighted by atomic mass is 19.3. The van der Waals surface area contributed by atoms with Crippen molar-refractivity contribution >= 4 is 0 Å². The summed E-state index contributed by atoms with van der Waals surface area (Å²) >= 11 is 0. The third-order valence-electron chi connectivity index (χ3n) is 2.13. The molecule has 0 amide bonds. The van der Waals surface area contributed by atoms with Crippen molar-refractivity contribution < 1.29 is 13.5 Å². The van der Waals surface area contributed by atoms with Gasteiger partial charge in [0.05, 0.1) is 5.69 Å². The van der Waals surface area contributed by atoms with Crippen LogP contribution in [-0.2, 0) is 6.54 Å². The van der Waals surface area contributed by atoms with E-state index in [2.05, 4.69) is 28.9 Å². The van der Waals surface area contributed by atoms with Crippen molar-refractivity contribution in [2.45, 2.75) is 33.9 Å². The number of rotatable bonds is 6. The Morgan fingerprint density at radius 1 is 1.35 bits per heavy atom. The van der Waals surface area contributed by atoms with E-state index in [1.54, 1.807) is 6.07 Å². The lowest BCUT2D eigenvalue weighted by atomic mass is 10.2. The van der Waals surface area contributed by atoms with Crippen LogP contribution in [0.4, 0.5) is 8.78 Å². The van der Waals surface area contributed by atoms with E-state index in [0.29, 0.717) is 18.2 Å². The molecule has 0 unspecified atom stereocenters. The lowest BCUT2D eigenvalue weighted by Gasteiger charge is -2.12. The molecule has 1 aromatic rings. The standard InChI is InChI=1S/C12H18F2N2O/c1-8(2)6-15-7-10-11(17-12(13)14)5-4-9(3)16-10/h4-5,8,12,15H,6-7H2,1-3H3. The van der Waals surface area contributed by atoms with Gasteiger partial charge in [0, 0.05) is 12.2 Å².